The van der Waals surface area contributed by atoms with E-state index in [0.717, 1.165) is 27.4 Å². The minimum Gasteiger partial charge on any atom is -0.493 e. The summed E-state index contributed by atoms with van der Waals surface area (Å²) in [7, 11) is 0. The van der Waals surface area contributed by atoms with E-state index in [4.69, 9.17) is 4.74 Å². The Hall–Kier alpha value is -4.13. The number of aromatic nitrogens is 2. The molecular formula is C24H20N4O3. The number of rotatable bonds is 4. The quantitative estimate of drug-likeness (QED) is 0.273. The summed E-state index contributed by atoms with van der Waals surface area (Å²) in [4.78, 5) is 16.2. The number of hydrogen-bond acceptors (Lipinski definition) is 5. The maximum atomic E-state index is 12.9. The molecule has 2 heterocycles. The van der Waals surface area contributed by atoms with Crippen LogP contribution in [0.25, 0.3) is 27.5 Å². The van der Waals surface area contributed by atoms with Crippen molar-refractivity contribution in [3.8, 4) is 5.88 Å². The third kappa shape index (κ3) is 3.02. The molecule has 31 heavy (non-hydrogen) atoms. The smallest absolute Gasteiger partial charge is 0.344 e. The molecular weight excluding hydrogens is 392 g/mol. The van der Waals surface area contributed by atoms with Gasteiger partial charge in [-0.15, -0.1) is 5.11 Å². The third-order valence-electron chi connectivity index (χ3n) is 5.28. The normalized spacial score (nSPS) is 11.8. The summed E-state index contributed by atoms with van der Waals surface area (Å²) >= 11 is 0. The molecule has 2 aromatic heterocycles. The molecule has 3 aromatic carbocycles. The van der Waals surface area contributed by atoms with Crippen molar-refractivity contribution in [1.82, 2.24) is 9.38 Å². The molecule has 7 heteroatoms. The van der Waals surface area contributed by atoms with Gasteiger partial charge in [-0.2, -0.15) is 5.11 Å². The van der Waals surface area contributed by atoms with Crippen molar-refractivity contribution in [3.63, 3.8) is 0 Å². The first-order chi connectivity index (χ1) is 15.1. The summed E-state index contributed by atoms with van der Waals surface area (Å²) in [6, 6.07) is 19.2. The van der Waals surface area contributed by atoms with Crippen LogP contribution in [-0.2, 0) is 4.74 Å². The summed E-state index contributed by atoms with van der Waals surface area (Å²) < 4.78 is 6.86. The summed E-state index contributed by atoms with van der Waals surface area (Å²) in [6.07, 6.45) is 0. The van der Waals surface area contributed by atoms with Crippen molar-refractivity contribution in [3.05, 3.63) is 71.8 Å². The van der Waals surface area contributed by atoms with Crippen LogP contribution in [-0.4, -0.2) is 27.1 Å². The topological polar surface area (TPSA) is 91.4 Å². The molecule has 2 N–H and O–H groups in total. The summed E-state index contributed by atoms with van der Waals surface area (Å²) in [5, 5.41) is 21.6. The lowest BCUT2D eigenvalue weighted by Gasteiger charge is -2.10. The van der Waals surface area contributed by atoms with Crippen LogP contribution in [0.5, 0.6) is 5.88 Å². The molecule has 0 saturated carbocycles. The Morgan fingerprint density at radius 1 is 1.06 bits per heavy atom. The number of carbonyl (C=O) groups excluding carboxylic acids is 1. The number of nitrogens with one attached hydrogen (secondary N) is 1. The molecule has 7 nitrogen and oxygen atoms in total. The molecule has 0 aliphatic heterocycles. The molecule has 0 spiro atoms. The average Bonchev–Trinajstić information content (AvgIpc) is 3.05. The zero-order chi connectivity index (χ0) is 21.5. The van der Waals surface area contributed by atoms with Gasteiger partial charge in [0, 0.05) is 10.9 Å². The Kier molecular flexibility index (Phi) is 4.43. The number of azo groups is 1. The van der Waals surface area contributed by atoms with E-state index in [1.54, 1.807) is 11.3 Å². The van der Waals surface area contributed by atoms with E-state index >= 15 is 0 Å². The summed E-state index contributed by atoms with van der Waals surface area (Å²) in [5.74, 6) is -0.758. The Morgan fingerprint density at radius 2 is 1.81 bits per heavy atom. The molecule has 0 bridgehead atoms. The van der Waals surface area contributed by atoms with Crippen molar-refractivity contribution in [2.24, 2.45) is 10.2 Å². The highest BCUT2D eigenvalue weighted by molar-refractivity contribution is 6.11. The van der Waals surface area contributed by atoms with Gasteiger partial charge in [0.25, 0.3) is 0 Å². The second-order valence-corrected chi connectivity index (χ2v) is 7.29. The van der Waals surface area contributed by atoms with Crippen LogP contribution in [0.3, 0.4) is 0 Å². The third-order valence-corrected chi connectivity index (χ3v) is 5.28. The van der Waals surface area contributed by atoms with Gasteiger partial charge in [0.2, 0.25) is 5.88 Å². The van der Waals surface area contributed by atoms with Gasteiger partial charge in [-0.25, -0.2) is 4.79 Å². The first kappa shape index (κ1) is 18.9. The number of aromatic amines is 1. The van der Waals surface area contributed by atoms with Gasteiger partial charge in [-0.1, -0.05) is 42.0 Å². The Labute approximate surface area is 177 Å². The zero-order valence-corrected chi connectivity index (χ0v) is 17.1. The zero-order valence-electron chi connectivity index (χ0n) is 17.1. The van der Waals surface area contributed by atoms with E-state index in [9.17, 15) is 9.90 Å². The minimum absolute atomic E-state index is 0.0614. The van der Waals surface area contributed by atoms with Gasteiger partial charge in [0.1, 0.15) is 11.2 Å². The lowest BCUT2D eigenvalue weighted by atomic mass is 10.1. The second-order valence-electron chi connectivity index (χ2n) is 7.29. The highest BCUT2D eigenvalue weighted by Gasteiger charge is 2.27. The van der Waals surface area contributed by atoms with Gasteiger partial charge in [-0.05, 0) is 43.5 Å². The number of esters is 1. The molecule has 0 atom stereocenters. The fourth-order valence-electron chi connectivity index (χ4n) is 3.85. The number of nitrogens with zero attached hydrogens (tertiary/aromatic N) is 3. The lowest BCUT2D eigenvalue weighted by molar-refractivity contribution is 0.0529. The second kappa shape index (κ2) is 7.28. The predicted octanol–water partition coefficient (Wildman–Crippen LogP) is 6.18. The van der Waals surface area contributed by atoms with Crippen LogP contribution in [0.2, 0.25) is 0 Å². The van der Waals surface area contributed by atoms with E-state index < -0.39 is 5.97 Å². The molecule has 154 valence electrons. The predicted molar refractivity (Wildman–Crippen MR) is 120 cm³/mol. The van der Waals surface area contributed by atoms with Gasteiger partial charge in [-0.3, -0.25) is 4.40 Å². The molecule has 0 aliphatic carbocycles. The van der Waals surface area contributed by atoms with Gasteiger partial charge in [0.15, 0.2) is 5.69 Å². The van der Waals surface area contributed by atoms with E-state index in [0.29, 0.717) is 11.3 Å². The van der Waals surface area contributed by atoms with Crippen LogP contribution in [0.15, 0.2) is 70.9 Å². The van der Waals surface area contributed by atoms with Crippen molar-refractivity contribution >= 4 is 44.8 Å². The standard InChI is InChI=1S/C24H20N4O3/c1-3-31-24(30)20-21(27-26-16-12-10-14(2)11-13-16)23(29)28-18-9-5-7-15-6-4-8-17(19(15)18)25-22(20)28/h4-13,25,29H,3H2,1-2H3. The van der Waals surface area contributed by atoms with Crippen molar-refractivity contribution in [1.29, 1.82) is 0 Å². The fourth-order valence-corrected chi connectivity index (χ4v) is 3.85. The summed E-state index contributed by atoms with van der Waals surface area (Å²) in [5.41, 5.74) is 3.91. The van der Waals surface area contributed by atoms with E-state index in [1.807, 2.05) is 67.6 Å². The molecule has 5 aromatic rings. The number of aromatic hydroxyl groups is 1. The molecule has 0 unspecified atom stereocenters. The molecule has 0 fully saturated rings. The molecule has 5 rings (SSSR count). The van der Waals surface area contributed by atoms with Crippen LogP contribution in [0.1, 0.15) is 22.8 Å². The first-order valence-electron chi connectivity index (χ1n) is 10.0. The highest BCUT2D eigenvalue weighted by atomic mass is 16.5. The number of H-pyrrole nitrogens is 1. The van der Waals surface area contributed by atoms with Crippen LogP contribution in [0.4, 0.5) is 11.4 Å². The highest BCUT2D eigenvalue weighted by Crippen LogP contribution is 2.41. The number of hydrogen-bond donors (Lipinski definition) is 2. The summed E-state index contributed by atoms with van der Waals surface area (Å²) in [6.45, 7) is 3.92. The maximum absolute atomic E-state index is 12.9. The van der Waals surface area contributed by atoms with Crippen molar-refractivity contribution in [2.75, 3.05) is 6.61 Å². The Balaban J connectivity index is 1.83. The number of benzene rings is 3. The maximum Gasteiger partial charge on any atom is 0.344 e. The van der Waals surface area contributed by atoms with E-state index in [2.05, 4.69) is 15.2 Å². The number of aryl methyl sites for hydroxylation is 1. The van der Waals surface area contributed by atoms with Crippen LogP contribution in [0, 0.1) is 6.92 Å². The molecule has 0 amide bonds. The molecule has 0 saturated heterocycles. The van der Waals surface area contributed by atoms with Gasteiger partial charge < -0.3 is 14.8 Å². The minimum atomic E-state index is -0.580. The number of carbonyl (C=O) groups is 1. The Bertz CT molecular complexity index is 1470. The van der Waals surface area contributed by atoms with Gasteiger partial charge in [0.05, 0.1) is 17.8 Å². The van der Waals surface area contributed by atoms with E-state index in [-0.39, 0.29) is 23.7 Å². The largest absolute Gasteiger partial charge is 0.493 e. The van der Waals surface area contributed by atoms with Crippen LogP contribution >= 0.6 is 0 Å². The van der Waals surface area contributed by atoms with Crippen molar-refractivity contribution in [2.45, 2.75) is 13.8 Å². The fraction of sp³-hybridized carbons (Fsp3) is 0.125. The van der Waals surface area contributed by atoms with E-state index in [1.165, 1.54) is 0 Å². The Morgan fingerprint density at radius 3 is 2.55 bits per heavy atom. The van der Waals surface area contributed by atoms with Crippen LogP contribution < -0.4 is 0 Å². The van der Waals surface area contributed by atoms with Gasteiger partial charge >= 0.3 is 5.97 Å². The molecule has 0 aliphatic rings. The first-order valence-corrected chi connectivity index (χ1v) is 10.0. The molecule has 0 radical (unpaired) electrons. The SMILES string of the molecule is CCOC(=O)c1c(N=Nc2ccc(C)cc2)c(O)n2c1[nH]c1cccc3cccc2c31. The number of fused-ring (bicyclic) bond motifs is 2. The van der Waals surface area contributed by atoms with Crippen molar-refractivity contribution < 1.29 is 14.6 Å². The lowest BCUT2D eigenvalue weighted by Crippen LogP contribution is -2.05. The monoisotopic (exact) mass is 412 g/mol. The number of ether oxygens (including phenoxy) is 1. The average molecular weight is 412 g/mol.